The first kappa shape index (κ1) is 11.3. The maximum atomic E-state index is 11.7. The van der Waals surface area contributed by atoms with Crippen molar-refractivity contribution in [2.45, 2.75) is 18.8 Å². The Balaban J connectivity index is 2.27. The van der Waals surface area contributed by atoms with Gasteiger partial charge in [-0.15, -0.1) is 0 Å². The van der Waals surface area contributed by atoms with Crippen LogP contribution in [-0.4, -0.2) is 35.3 Å². The molecule has 0 saturated carbocycles. The van der Waals surface area contributed by atoms with Gasteiger partial charge in [0, 0.05) is 32.4 Å². The fourth-order valence-corrected chi connectivity index (χ4v) is 2.10. The molecule has 0 radical (unpaired) electrons. The van der Waals surface area contributed by atoms with Gasteiger partial charge in [0.1, 0.15) is 0 Å². The molecule has 1 aromatic rings. The lowest BCUT2D eigenvalue weighted by molar-refractivity contribution is 0.0836. The van der Waals surface area contributed by atoms with Crippen molar-refractivity contribution < 1.29 is 9.53 Å². The Labute approximate surface area is 94.6 Å². The number of aromatic nitrogens is 2. The second-order valence-electron chi connectivity index (χ2n) is 4.12. The lowest BCUT2D eigenvalue weighted by atomic mass is 9.93. The van der Waals surface area contributed by atoms with Crippen LogP contribution in [0.2, 0.25) is 0 Å². The third-order valence-corrected chi connectivity index (χ3v) is 2.95. The molecule has 16 heavy (non-hydrogen) atoms. The molecule has 0 unspecified atom stereocenters. The van der Waals surface area contributed by atoms with Crippen molar-refractivity contribution >= 4 is 5.78 Å². The van der Waals surface area contributed by atoms with E-state index in [0.29, 0.717) is 11.5 Å². The molecule has 1 aromatic heterocycles. The van der Waals surface area contributed by atoms with Gasteiger partial charge in [-0.3, -0.25) is 9.48 Å². The van der Waals surface area contributed by atoms with Crippen molar-refractivity contribution in [3.8, 4) is 0 Å². The third kappa shape index (κ3) is 2.15. The quantitative estimate of drug-likeness (QED) is 0.755. The average Bonchev–Trinajstić information content (AvgIpc) is 2.71. The van der Waals surface area contributed by atoms with Gasteiger partial charge in [-0.1, -0.05) is 0 Å². The second kappa shape index (κ2) is 4.76. The molecule has 88 valence electrons. The van der Waals surface area contributed by atoms with Crippen LogP contribution in [0, 0.1) is 0 Å². The summed E-state index contributed by atoms with van der Waals surface area (Å²) < 4.78 is 7.00. The summed E-state index contributed by atoms with van der Waals surface area (Å²) in [4.78, 5) is 11.7. The highest BCUT2D eigenvalue weighted by Gasteiger charge is 2.24. The topological polar surface area (TPSA) is 70.1 Å². The SMILES string of the molecule is Cn1cc(C(=O)CN)c(C2CCOCC2)n1. The minimum Gasteiger partial charge on any atom is -0.381 e. The molecule has 0 spiro atoms. The molecule has 1 saturated heterocycles. The largest absolute Gasteiger partial charge is 0.381 e. The van der Waals surface area contributed by atoms with E-state index >= 15 is 0 Å². The number of hydrogen-bond acceptors (Lipinski definition) is 4. The van der Waals surface area contributed by atoms with Crippen LogP contribution < -0.4 is 5.73 Å². The van der Waals surface area contributed by atoms with Gasteiger partial charge in [-0.05, 0) is 12.8 Å². The molecule has 0 aliphatic carbocycles. The van der Waals surface area contributed by atoms with Crippen LogP contribution in [0.4, 0.5) is 0 Å². The van der Waals surface area contributed by atoms with Crippen molar-refractivity contribution in [3.05, 3.63) is 17.5 Å². The molecule has 0 aromatic carbocycles. The Kier molecular flexibility index (Phi) is 3.36. The second-order valence-corrected chi connectivity index (χ2v) is 4.12. The third-order valence-electron chi connectivity index (χ3n) is 2.95. The average molecular weight is 223 g/mol. The zero-order valence-corrected chi connectivity index (χ0v) is 9.48. The number of hydrogen-bond donors (Lipinski definition) is 1. The van der Waals surface area contributed by atoms with E-state index in [9.17, 15) is 4.79 Å². The van der Waals surface area contributed by atoms with Gasteiger partial charge in [0.25, 0.3) is 0 Å². The van der Waals surface area contributed by atoms with E-state index in [1.807, 2.05) is 7.05 Å². The summed E-state index contributed by atoms with van der Waals surface area (Å²) in [6.45, 7) is 1.54. The first-order chi connectivity index (χ1) is 7.72. The molecular formula is C11H17N3O2. The van der Waals surface area contributed by atoms with Crippen LogP contribution in [0.25, 0.3) is 0 Å². The lowest BCUT2D eigenvalue weighted by Crippen LogP contribution is -2.19. The molecular weight excluding hydrogens is 206 g/mol. The Bertz CT molecular complexity index is 381. The molecule has 0 bridgehead atoms. The van der Waals surface area contributed by atoms with Crippen molar-refractivity contribution in [2.75, 3.05) is 19.8 Å². The monoisotopic (exact) mass is 223 g/mol. The predicted molar refractivity (Wildman–Crippen MR) is 59.4 cm³/mol. The van der Waals surface area contributed by atoms with E-state index in [4.69, 9.17) is 10.5 Å². The molecule has 0 amide bonds. The summed E-state index contributed by atoms with van der Waals surface area (Å²) in [5, 5.41) is 4.39. The number of ketones is 1. The van der Waals surface area contributed by atoms with Gasteiger partial charge in [-0.25, -0.2) is 0 Å². The van der Waals surface area contributed by atoms with Crippen LogP contribution in [0.3, 0.4) is 0 Å². The minimum absolute atomic E-state index is 0.0328. The van der Waals surface area contributed by atoms with E-state index < -0.39 is 0 Å². The van der Waals surface area contributed by atoms with Crippen molar-refractivity contribution in [2.24, 2.45) is 12.8 Å². The highest BCUT2D eigenvalue weighted by molar-refractivity contribution is 5.98. The highest BCUT2D eigenvalue weighted by Crippen LogP contribution is 2.28. The fourth-order valence-electron chi connectivity index (χ4n) is 2.10. The molecule has 2 N–H and O–H groups in total. The van der Waals surface area contributed by atoms with E-state index in [-0.39, 0.29) is 12.3 Å². The zero-order chi connectivity index (χ0) is 11.5. The Morgan fingerprint density at radius 1 is 1.62 bits per heavy atom. The van der Waals surface area contributed by atoms with E-state index in [0.717, 1.165) is 31.7 Å². The summed E-state index contributed by atoms with van der Waals surface area (Å²) >= 11 is 0. The summed E-state index contributed by atoms with van der Waals surface area (Å²) in [6, 6.07) is 0. The molecule has 5 heteroatoms. The lowest BCUT2D eigenvalue weighted by Gasteiger charge is -2.21. The summed E-state index contributed by atoms with van der Waals surface area (Å²) in [7, 11) is 1.83. The number of carbonyl (C=O) groups excluding carboxylic acids is 1. The summed E-state index contributed by atoms with van der Waals surface area (Å²) in [5.41, 5.74) is 6.97. The molecule has 2 rings (SSSR count). The normalized spacial score (nSPS) is 17.6. The first-order valence-electron chi connectivity index (χ1n) is 5.57. The van der Waals surface area contributed by atoms with Crippen LogP contribution in [-0.2, 0) is 11.8 Å². The fraction of sp³-hybridized carbons (Fsp3) is 0.636. The summed E-state index contributed by atoms with van der Waals surface area (Å²) in [5.74, 6) is 0.301. The number of ether oxygens (including phenoxy) is 1. The highest BCUT2D eigenvalue weighted by atomic mass is 16.5. The smallest absolute Gasteiger partial charge is 0.179 e. The van der Waals surface area contributed by atoms with Crippen LogP contribution in [0.1, 0.15) is 34.8 Å². The number of carbonyl (C=O) groups is 1. The standard InChI is InChI=1S/C11H17N3O2/c1-14-7-9(10(15)6-12)11(13-14)8-2-4-16-5-3-8/h7-8H,2-6,12H2,1H3. The summed E-state index contributed by atoms with van der Waals surface area (Å²) in [6.07, 6.45) is 3.63. The molecule has 1 fully saturated rings. The van der Waals surface area contributed by atoms with Gasteiger partial charge >= 0.3 is 0 Å². The van der Waals surface area contributed by atoms with Gasteiger partial charge in [0.2, 0.25) is 0 Å². The Morgan fingerprint density at radius 2 is 2.31 bits per heavy atom. The molecule has 1 aliphatic heterocycles. The predicted octanol–water partition coefficient (Wildman–Crippen LogP) is 0.455. The number of aryl methyl sites for hydroxylation is 1. The molecule has 2 heterocycles. The van der Waals surface area contributed by atoms with E-state index in [1.165, 1.54) is 0 Å². The number of rotatable bonds is 3. The van der Waals surface area contributed by atoms with Gasteiger partial charge in [0.15, 0.2) is 5.78 Å². The van der Waals surface area contributed by atoms with Crippen molar-refractivity contribution in [3.63, 3.8) is 0 Å². The molecule has 0 atom stereocenters. The Hall–Kier alpha value is -1.20. The van der Waals surface area contributed by atoms with Crippen LogP contribution in [0.15, 0.2) is 6.20 Å². The number of nitrogens with zero attached hydrogens (tertiary/aromatic N) is 2. The number of nitrogens with two attached hydrogens (primary N) is 1. The maximum Gasteiger partial charge on any atom is 0.179 e. The first-order valence-corrected chi connectivity index (χ1v) is 5.57. The van der Waals surface area contributed by atoms with Crippen molar-refractivity contribution in [1.29, 1.82) is 0 Å². The van der Waals surface area contributed by atoms with Crippen molar-refractivity contribution in [1.82, 2.24) is 9.78 Å². The van der Waals surface area contributed by atoms with E-state index in [1.54, 1.807) is 10.9 Å². The minimum atomic E-state index is -0.0328. The number of Topliss-reactive ketones (excluding diaryl/α,β-unsaturated/α-hetero) is 1. The van der Waals surface area contributed by atoms with Gasteiger partial charge in [-0.2, -0.15) is 5.10 Å². The molecule has 5 nitrogen and oxygen atoms in total. The Morgan fingerprint density at radius 3 is 2.94 bits per heavy atom. The zero-order valence-electron chi connectivity index (χ0n) is 9.48. The van der Waals surface area contributed by atoms with Gasteiger partial charge < -0.3 is 10.5 Å². The van der Waals surface area contributed by atoms with Gasteiger partial charge in [0.05, 0.1) is 17.8 Å². The van der Waals surface area contributed by atoms with Crippen LogP contribution in [0.5, 0.6) is 0 Å². The maximum absolute atomic E-state index is 11.7. The molecule has 1 aliphatic rings. The van der Waals surface area contributed by atoms with E-state index in [2.05, 4.69) is 5.10 Å². The van der Waals surface area contributed by atoms with Crippen LogP contribution >= 0.6 is 0 Å².